The topological polar surface area (TPSA) is 125 Å². The first-order valence-electron chi connectivity index (χ1n) is 13.2. The molecule has 2 aromatic rings. The van der Waals surface area contributed by atoms with Crippen LogP contribution >= 0.6 is 0 Å². The maximum Gasteiger partial charge on any atom is 0.269 e. The molecule has 2 amide bonds. The Balaban J connectivity index is 1.53. The normalized spacial score (nSPS) is 26.9. The first-order valence-corrected chi connectivity index (χ1v) is 16.1. The SMILES string of the molecule is C[C@H]1[C@H]([Si](C)(C)F)[C@@H](CCO)O[C@]12C(=O)N(Cc1ccc(N3CCNCC3=O)cc1)c1ccc([N+](=O)[O-])cc12. The predicted molar refractivity (Wildman–Crippen MR) is 146 cm³/mol. The third-order valence-electron chi connectivity index (χ3n) is 8.25. The van der Waals surface area contributed by atoms with Gasteiger partial charge in [0, 0.05) is 54.5 Å². The number of hydrogen-bond acceptors (Lipinski definition) is 7. The molecule has 0 bridgehead atoms. The third-order valence-corrected chi connectivity index (χ3v) is 10.7. The number of carbonyl (C=O) groups excluding carboxylic acids is 2. The van der Waals surface area contributed by atoms with Crippen molar-refractivity contribution in [1.82, 2.24) is 5.32 Å². The minimum atomic E-state index is -3.37. The van der Waals surface area contributed by atoms with E-state index in [0.717, 1.165) is 11.3 Å². The summed E-state index contributed by atoms with van der Waals surface area (Å²) in [6.07, 6.45) is -0.524. The van der Waals surface area contributed by atoms with Crippen molar-refractivity contribution in [3.8, 4) is 0 Å². The summed E-state index contributed by atoms with van der Waals surface area (Å²) >= 11 is 0. The highest BCUT2D eigenvalue weighted by molar-refractivity contribution is 6.72. The quantitative estimate of drug-likeness (QED) is 0.232. The van der Waals surface area contributed by atoms with Crippen molar-refractivity contribution in [3.63, 3.8) is 0 Å². The number of amides is 2. The van der Waals surface area contributed by atoms with Crippen molar-refractivity contribution in [1.29, 1.82) is 0 Å². The summed E-state index contributed by atoms with van der Waals surface area (Å²) in [6.45, 7) is 6.41. The van der Waals surface area contributed by atoms with Gasteiger partial charge in [-0.2, -0.15) is 0 Å². The van der Waals surface area contributed by atoms with Crippen LogP contribution in [0.2, 0.25) is 18.6 Å². The Kier molecular flexibility index (Phi) is 7.08. The fourth-order valence-electron chi connectivity index (χ4n) is 6.55. The standard InChI is InChI=1S/C27H33FN4O6Si/c1-17-25(39(2,3)28)23(10-13-33)38-27(17)21-14-20(32(36)37)8-9-22(21)31(26(27)35)16-18-4-6-19(7-5-18)30-12-11-29-15-24(30)34/h4-9,14,17,23,25,29,33H,10-13,15-16H2,1-3H3/t17-,23+,25-,27+/m0/s1. The lowest BCUT2D eigenvalue weighted by atomic mass is 9.82. The smallest absolute Gasteiger partial charge is 0.269 e. The minimum absolute atomic E-state index is 0.0140. The van der Waals surface area contributed by atoms with Gasteiger partial charge in [-0.1, -0.05) is 19.1 Å². The minimum Gasteiger partial charge on any atom is -0.396 e. The Hall–Kier alpha value is -3.19. The highest BCUT2D eigenvalue weighted by Gasteiger charge is 2.66. The molecule has 2 fully saturated rings. The van der Waals surface area contributed by atoms with Crippen LogP contribution in [0.15, 0.2) is 42.5 Å². The second-order valence-electron chi connectivity index (χ2n) is 11.0. The zero-order chi connectivity index (χ0) is 28.1. The zero-order valence-electron chi connectivity index (χ0n) is 22.2. The summed E-state index contributed by atoms with van der Waals surface area (Å²) in [5.41, 5.74) is 0.0592. The molecule has 2 N–H and O–H groups in total. The monoisotopic (exact) mass is 556 g/mol. The number of hydrogen-bond donors (Lipinski definition) is 2. The maximum absolute atomic E-state index is 15.6. The number of rotatable bonds is 7. The molecular weight excluding hydrogens is 523 g/mol. The largest absolute Gasteiger partial charge is 0.396 e. The molecule has 2 saturated heterocycles. The van der Waals surface area contributed by atoms with E-state index >= 15 is 4.11 Å². The van der Waals surface area contributed by atoms with Crippen molar-refractivity contribution in [2.75, 3.05) is 36.0 Å². The van der Waals surface area contributed by atoms with E-state index in [-0.39, 0.29) is 37.7 Å². The molecule has 0 saturated carbocycles. The number of aliphatic hydroxyl groups excluding tert-OH is 1. The Bertz CT molecular complexity index is 1300. The van der Waals surface area contributed by atoms with E-state index in [1.165, 1.54) is 12.1 Å². The van der Waals surface area contributed by atoms with E-state index in [1.807, 2.05) is 24.3 Å². The van der Waals surface area contributed by atoms with Crippen LogP contribution in [0.25, 0.3) is 0 Å². The van der Waals surface area contributed by atoms with Gasteiger partial charge in [0.15, 0.2) is 5.60 Å². The molecule has 0 radical (unpaired) electrons. The van der Waals surface area contributed by atoms with Crippen LogP contribution < -0.4 is 15.1 Å². The van der Waals surface area contributed by atoms with E-state index < -0.39 is 42.4 Å². The van der Waals surface area contributed by atoms with E-state index in [4.69, 9.17) is 4.74 Å². The van der Waals surface area contributed by atoms with Crippen LogP contribution in [0.3, 0.4) is 0 Å². The van der Waals surface area contributed by atoms with Crippen LogP contribution in [0, 0.1) is 16.0 Å². The molecule has 0 unspecified atom stereocenters. The molecule has 5 rings (SSSR count). The van der Waals surface area contributed by atoms with Crippen molar-refractivity contribution in [2.45, 2.75) is 50.2 Å². The second kappa shape index (κ2) is 10.1. The summed E-state index contributed by atoms with van der Waals surface area (Å²) in [7, 11) is -3.37. The van der Waals surface area contributed by atoms with Gasteiger partial charge in [0.1, 0.15) is 0 Å². The van der Waals surface area contributed by atoms with Gasteiger partial charge in [-0.15, -0.1) is 0 Å². The number of nitrogens with zero attached hydrogens (tertiary/aromatic N) is 3. The number of nitrogens with one attached hydrogen (secondary N) is 1. The summed E-state index contributed by atoms with van der Waals surface area (Å²) < 4.78 is 22.1. The van der Waals surface area contributed by atoms with E-state index in [2.05, 4.69) is 5.32 Å². The third kappa shape index (κ3) is 4.54. The summed E-state index contributed by atoms with van der Waals surface area (Å²) in [5, 5.41) is 24.4. The van der Waals surface area contributed by atoms with Gasteiger partial charge < -0.3 is 29.1 Å². The highest BCUT2D eigenvalue weighted by Crippen LogP contribution is 2.60. The number of non-ortho nitro benzene ring substituents is 1. The number of halogens is 1. The summed E-state index contributed by atoms with van der Waals surface area (Å²) in [6, 6.07) is 11.6. The fraction of sp³-hybridized carbons (Fsp3) is 0.481. The molecule has 208 valence electrons. The van der Waals surface area contributed by atoms with Gasteiger partial charge in [0.05, 0.1) is 29.8 Å². The molecule has 12 heteroatoms. The zero-order valence-corrected chi connectivity index (χ0v) is 23.2. The van der Waals surface area contributed by atoms with Gasteiger partial charge in [-0.25, -0.2) is 0 Å². The lowest BCUT2D eigenvalue weighted by molar-refractivity contribution is -0.385. The molecule has 39 heavy (non-hydrogen) atoms. The van der Waals surface area contributed by atoms with Crippen molar-refractivity contribution in [2.24, 2.45) is 5.92 Å². The Labute approximate surface area is 227 Å². The van der Waals surface area contributed by atoms with Crippen molar-refractivity contribution >= 4 is 37.3 Å². The molecule has 4 atom stereocenters. The van der Waals surface area contributed by atoms with E-state index in [1.54, 1.807) is 35.9 Å². The van der Waals surface area contributed by atoms with Crippen LogP contribution in [-0.2, 0) is 26.5 Å². The molecular formula is C27H33FN4O6Si. The Morgan fingerprint density at radius 2 is 1.95 bits per heavy atom. The number of ether oxygens (including phenoxy) is 1. The number of nitro benzene ring substituents is 1. The molecule has 0 aliphatic carbocycles. The number of fused-ring (bicyclic) bond motifs is 2. The Morgan fingerprint density at radius 3 is 2.56 bits per heavy atom. The van der Waals surface area contributed by atoms with Crippen molar-refractivity contribution in [3.05, 3.63) is 63.7 Å². The predicted octanol–water partition coefficient (Wildman–Crippen LogP) is 3.24. The molecule has 3 heterocycles. The Morgan fingerprint density at radius 1 is 1.23 bits per heavy atom. The summed E-state index contributed by atoms with van der Waals surface area (Å²) in [5.74, 6) is -1.00. The first-order chi connectivity index (χ1) is 18.5. The van der Waals surface area contributed by atoms with Crippen molar-refractivity contribution < 1.29 is 28.5 Å². The van der Waals surface area contributed by atoms with Gasteiger partial charge in [0.2, 0.25) is 14.3 Å². The van der Waals surface area contributed by atoms with E-state index in [9.17, 15) is 24.8 Å². The molecule has 3 aliphatic heterocycles. The van der Waals surface area contributed by atoms with Crippen LogP contribution in [0.1, 0.15) is 24.5 Å². The molecule has 1 spiro atoms. The number of benzene rings is 2. The molecule has 3 aliphatic rings. The maximum atomic E-state index is 15.6. The first kappa shape index (κ1) is 27.4. The number of nitro groups is 1. The average Bonchev–Trinajstić information content (AvgIpc) is 3.31. The second-order valence-corrected chi connectivity index (χ2v) is 14.8. The van der Waals surface area contributed by atoms with Crippen LogP contribution in [0.5, 0.6) is 0 Å². The highest BCUT2D eigenvalue weighted by atomic mass is 28.4. The van der Waals surface area contributed by atoms with Gasteiger partial charge in [-0.05, 0) is 43.3 Å². The average molecular weight is 557 g/mol. The number of anilines is 2. The van der Waals surface area contributed by atoms with Gasteiger partial charge in [0.25, 0.3) is 11.6 Å². The number of carbonyl (C=O) groups is 2. The van der Waals surface area contributed by atoms with E-state index in [0.29, 0.717) is 24.3 Å². The van der Waals surface area contributed by atoms with Gasteiger partial charge in [-0.3, -0.25) is 19.7 Å². The number of piperazine rings is 1. The number of aliphatic hydroxyl groups is 1. The molecule has 10 nitrogen and oxygen atoms in total. The lowest BCUT2D eigenvalue weighted by Crippen LogP contribution is -2.48. The van der Waals surface area contributed by atoms with Crippen LogP contribution in [-0.4, -0.2) is 62.6 Å². The van der Waals surface area contributed by atoms with Gasteiger partial charge >= 0.3 is 0 Å². The summed E-state index contributed by atoms with van der Waals surface area (Å²) in [4.78, 5) is 40.9. The fourth-order valence-corrected chi connectivity index (χ4v) is 9.09. The molecule has 0 aromatic heterocycles. The van der Waals surface area contributed by atoms with Crippen LogP contribution in [0.4, 0.5) is 21.2 Å². The lowest BCUT2D eigenvalue weighted by Gasteiger charge is -2.31. The molecule has 2 aromatic carbocycles.